The first-order valence-corrected chi connectivity index (χ1v) is 9.50. The normalized spacial score (nSPS) is 17.1. The van der Waals surface area contributed by atoms with Gasteiger partial charge >= 0.3 is 5.97 Å². The molecule has 1 saturated heterocycles. The smallest absolute Gasteiger partial charge is 0.303 e. The van der Waals surface area contributed by atoms with E-state index in [0.29, 0.717) is 6.42 Å². The number of benzene rings is 2. The van der Waals surface area contributed by atoms with Gasteiger partial charge in [0.05, 0.1) is 6.04 Å². The Morgan fingerprint density at radius 1 is 0.962 bits per heavy atom. The monoisotopic (exact) mass is 372 g/mol. The molecular formula is C21H25ClN2O2. The van der Waals surface area contributed by atoms with Crippen LogP contribution in [0.1, 0.15) is 30.0 Å². The van der Waals surface area contributed by atoms with E-state index in [-0.39, 0.29) is 12.5 Å². The minimum Gasteiger partial charge on any atom is -0.481 e. The van der Waals surface area contributed by atoms with E-state index in [1.165, 1.54) is 11.1 Å². The lowest BCUT2D eigenvalue weighted by molar-refractivity contribution is -0.137. The summed E-state index contributed by atoms with van der Waals surface area (Å²) in [5.41, 5.74) is 2.54. The quantitative estimate of drug-likeness (QED) is 0.800. The second-order valence-corrected chi connectivity index (χ2v) is 7.18. The summed E-state index contributed by atoms with van der Waals surface area (Å²) in [6.07, 6.45) is 0.965. The number of carboxylic acids is 1. The largest absolute Gasteiger partial charge is 0.481 e. The molecule has 4 nitrogen and oxygen atoms in total. The first-order valence-electron chi connectivity index (χ1n) is 9.12. The minimum atomic E-state index is -0.712. The van der Waals surface area contributed by atoms with Crippen molar-refractivity contribution in [3.05, 3.63) is 70.7 Å². The average molecular weight is 373 g/mol. The molecular weight excluding hydrogens is 348 g/mol. The Bertz CT molecular complexity index is 698. The molecule has 5 heteroatoms. The maximum Gasteiger partial charge on any atom is 0.303 e. The van der Waals surface area contributed by atoms with Gasteiger partial charge in [-0.2, -0.15) is 0 Å². The maximum absolute atomic E-state index is 10.7. The molecule has 0 aromatic heterocycles. The SMILES string of the molecule is O=C(O)CCCN1CCN([C@H](c2ccccc2)c2ccc(Cl)cc2)CC1. The van der Waals surface area contributed by atoms with Crippen LogP contribution in [0.2, 0.25) is 5.02 Å². The molecule has 0 radical (unpaired) electrons. The topological polar surface area (TPSA) is 43.8 Å². The third kappa shape index (κ3) is 5.07. The molecule has 1 aliphatic heterocycles. The average Bonchev–Trinajstić information content (AvgIpc) is 2.65. The third-order valence-corrected chi connectivity index (χ3v) is 5.19. The highest BCUT2D eigenvalue weighted by molar-refractivity contribution is 6.30. The highest BCUT2D eigenvalue weighted by atomic mass is 35.5. The van der Waals surface area contributed by atoms with Crippen LogP contribution >= 0.6 is 11.6 Å². The number of carbonyl (C=O) groups is 1. The fourth-order valence-corrected chi connectivity index (χ4v) is 3.72. The van der Waals surface area contributed by atoms with Crippen molar-refractivity contribution >= 4 is 17.6 Å². The standard InChI is InChI=1S/C21H25ClN2O2/c22-19-10-8-18(9-11-19)21(17-5-2-1-3-6-17)24-15-13-23(14-16-24)12-4-7-20(25)26/h1-3,5-6,8-11,21H,4,7,12-16H2,(H,25,26)/t21-/m1/s1. The Hall–Kier alpha value is -1.88. The second kappa shape index (κ2) is 9.17. The molecule has 0 saturated carbocycles. The van der Waals surface area contributed by atoms with Crippen LogP contribution in [0.3, 0.4) is 0 Å². The Kier molecular flexibility index (Phi) is 6.67. The van der Waals surface area contributed by atoms with E-state index >= 15 is 0 Å². The van der Waals surface area contributed by atoms with E-state index < -0.39 is 5.97 Å². The van der Waals surface area contributed by atoms with Gasteiger partial charge in [-0.3, -0.25) is 9.69 Å². The van der Waals surface area contributed by atoms with Gasteiger partial charge in [0, 0.05) is 37.6 Å². The summed E-state index contributed by atoms with van der Waals surface area (Å²) >= 11 is 6.08. The molecule has 0 bridgehead atoms. The van der Waals surface area contributed by atoms with Gasteiger partial charge in [0.25, 0.3) is 0 Å². The van der Waals surface area contributed by atoms with Crippen molar-refractivity contribution < 1.29 is 9.90 Å². The lowest BCUT2D eigenvalue weighted by Gasteiger charge is -2.39. The fraction of sp³-hybridized carbons (Fsp3) is 0.381. The van der Waals surface area contributed by atoms with Gasteiger partial charge in [-0.25, -0.2) is 0 Å². The summed E-state index contributed by atoms with van der Waals surface area (Å²) in [5.74, 6) is -0.712. The zero-order chi connectivity index (χ0) is 18.4. The molecule has 1 aliphatic rings. The molecule has 0 amide bonds. The van der Waals surface area contributed by atoms with Crippen LogP contribution in [-0.2, 0) is 4.79 Å². The van der Waals surface area contributed by atoms with Gasteiger partial charge in [-0.1, -0.05) is 54.1 Å². The summed E-state index contributed by atoms with van der Waals surface area (Å²) in [6.45, 7) is 4.73. The van der Waals surface area contributed by atoms with E-state index in [4.69, 9.17) is 16.7 Å². The van der Waals surface area contributed by atoms with Gasteiger partial charge in [-0.05, 0) is 36.2 Å². The predicted octanol–water partition coefficient (Wildman–Crippen LogP) is 3.91. The Morgan fingerprint density at radius 3 is 2.19 bits per heavy atom. The minimum absolute atomic E-state index is 0.217. The summed E-state index contributed by atoms with van der Waals surface area (Å²) < 4.78 is 0. The summed E-state index contributed by atoms with van der Waals surface area (Å²) in [4.78, 5) is 15.6. The van der Waals surface area contributed by atoms with Crippen LogP contribution in [0.25, 0.3) is 0 Å². The van der Waals surface area contributed by atoms with Crippen molar-refractivity contribution in [2.75, 3.05) is 32.7 Å². The Labute approximate surface area is 160 Å². The summed E-state index contributed by atoms with van der Waals surface area (Å²) in [6, 6.07) is 18.9. The van der Waals surface area contributed by atoms with E-state index in [2.05, 4.69) is 46.2 Å². The molecule has 1 atom stereocenters. The lowest BCUT2D eigenvalue weighted by atomic mass is 9.96. The third-order valence-electron chi connectivity index (χ3n) is 4.94. The lowest BCUT2D eigenvalue weighted by Crippen LogP contribution is -2.48. The van der Waals surface area contributed by atoms with Crippen LogP contribution in [-0.4, -0.2) is 53.6 Å². The van der Waals surface area contributed by atoms with Crippen LogP contribution in [0, 0.1) is 0 Å². The molecule has 0 unspecified atom stereocenters. The molecule has 0 aliphatic carbocycles. The van der Waals surface area contributed by atoms with Crippen molar-refractivity contribution in [2.24, 2.45) is 0 Å². The molecule has 0 spiro atoms. The number of nitrogens with zero attached hydrogens (tertiary/aromatic N) is 2. The van der Waals surface area contributed by atoms with Gasteiger partial charge in [0.1, 0.15) is 0 Å². The number of aliphatic carboxylic acids is 1. The molecule has 1 fully saturated rings. The Balaban J connectivity index is 1.69. The highest BCUT2D eigenvalue weighted by Crippen LogP contribution is 2.30. The van der Waals surface area contributed by atoms with Crippen LogP contribution in [0.15, 0.2) is 54.6 Å². The van der Waals surface area contributed by atoms with E-state index in [9.17, 15) is 4.79 Å². The van der Waals surface area contributed by atoms with E-state index in [1.807, 2.05) is 18.2 Å². The van der Waals surface area contributed by atoms with Crippen LogP contribution < -0.4 is 0 Å². The summed E-state index contributed by atoms with van der Waals surface area (Å²) in [5, 5.41) is 9.55. The van der Waals surface area contributed by atoms with Crippen molar-refractivity contribution in [1.82, 2.24) is 9.80 Å². The van der Waals surface area contributed by atoms with Gasteiger partial charge in [-0.15, -0.1) is 0 Å². The predicted molar refractivity (Wildman–Crippen MR) is 105 cm³/mol. The second-order valence-electron chi connectivity index (χ2n) is 6.74. The number of hydrogen-bond acceptors (Lipinski definition) is 3. The molecule has 2 aromatic rings. The molecule has 2 aromatic carbocycles. The van der Waals surface area contributed by atoms with Crippen molar-refractivity contribution in [2.45, 2.75) is 18.9 Å². The number of piperazine rings is 1. The van der Waals surface area contributed by atoms with Crippen molar-refractivity contribution in [1.29, 1.82) is 0 Å². The molecule has 1 heterocycles. The molecule has 3 rings (SSSR count). The first-order chi connectivity index (χ1) is 12.6. The molecule has 26 heavy (non-hydrogen) atoms. The fourth-order valence-electron chi connectivity index (χ4n) is 3.59. The van der Waals surface area contributed by atoms with Crippen molar-refractivity contribution in [3.63, 3.8) is 0 Å². The number of rotatable bonds is 7. The zero-order valence-corrected chi connectivity index (χ0v) is 15.6. The van der Waals surface area contributed by atoms with E-state index in [0.717, 1.165) is 37.7 Å². The maximum atomic E-state index is 10.7. The molecule has 1 N–H and O–H groups in total. The van der Waals surface area contributed by atoms with Gasteiger partial charge < -0.3 is 10.0 Å². The highest BCUT2D eigenvalue weighted by Gasteiger charge is 2.26. The number of hydrogen-bond donors (Lipinski definition) is 1. The van der Waals surface area contributed by atoms with Gasteiger partial charge in [0.2, 0.25) is 0 Å². The van der Waals surface area contributed by atoms with Gasteiger partial charge in [0.15, 0.2) is 0 Å². The zero-order valence-electron chi connectivity index (χ0n) is 14.9. The van der Waals surface area contributed by atoms with E-state index in [1.54, 1.807) is 0 Å². The summed E-state index contributed by atoms with van der Waals surface area (Å²) in [7, 11) is 0. The van der Waals surface area contributed by atoms with Crippen molar-refractivity contribution in [3.8, 4) is 0 Å². The number of halogens is 1. The van der Waals surface area contributed by atoms with Crippen LogP contribution in [0.4, 0.5) is 0 Å². The first kappa shape index (κ1) is 18.9. The Morgan fingerprint density at radius 2 is 1.58 bits per heavy atom. The number of carboxylic acid groups (broad SMARTS) is 1. The van der Waals surface area contributed by atoms with Crippen LogP contribution in [0.5, 0.6) is 0 Å². The molecule has 138 valence electrons.